The number of aryl methyl sites for hydroxylation is 3. The molecule has 146 valence electrons. The molecule has 0 saturated heterocycles. The third-order valence-electron chi connectivity index (χ3n) is 3.96. The standard InChI is InChI=1S/C18H19Cl2NO5S/c1-10-7-11(2)18(12(3)8-10)21(9-15(22)23)27(24,25)14-6-5-13(26-4)16(19)17(14)20/h5-8H,9H2,1-4H3,(H,22,23). The summed E-state index contributed by atoms with van der Waals surface area (Å²) < 4.78 is 32.5. The SMILES string of the molecule is COc1ccc(S(=O)(=O)N(CC(=O)O)c2c(C)cc(C)cc2C)c(Cl)c1Cl. The van der Waals surface area contributed by atoms with Gasteiger partial charge in [-0.05, 0) is 44.0 Å². The van der Waals surface area contributed by atoms with E-state index in [0.29, 0.717) is 16.8 Å². The first-order valence-corrected chi connectivity index (χ1v) is 10.0. The summed E-state index contributed by atoms with van der Waals surface area (Å²) in [4.78, 5) is 11.1. The van der Waals surface area contributed by atoms with Crippen LogP contribution in [0.3, 0.4) is 0 Å². The Morgan fingerprint density at radius 1 is 1.11 bits per heavy atom. The summed E-state index contributed by atoms with van der Waals surface area (Å²) in [6.45, 7) is 4.57. The second-order valence-electron chi connectivity index (χ2n) is 6.05. The van der Waals surface area contributed by atoms with E-state index in [1.54, 1.807) is 26.0 Å². The lowest BCUT2D eigenvalue weighted by Crippen LogP contribution is -2.37. The molecule has 0 aromatic heterocycles. The largest absolute Gasteiger partial charge is 0.495 e. The highest BCUT2D eigenvalue weighted by atomic mass is 35.5. The maximum atomic E-state index is 13.3. The van der Waals surface area contributed by atoms with Crippen molar-refractivity contribution < 1.29 is 23.1 Å². The van der Waals surface area contributed by atoms with Gasteiger partial charge in [-0.25, -0.2) is 8.42 Å². The fraction of sp³-hybridized carbons (Fsp3) is 0.278. The van der Waals surface area contributed by atoms with E-state index in [2.05, 4.69) is 0 Å². The molecule has 2 aromatic carbocycles. The number of halogens is 2. The molecule has 0 heterocycles. The van der Waals surface area contributed by atoms with Crippen molar-refractivity contribution in [2.24, 2.45) is 0 Å². The fourth-order valence-corrected chi connectivity index (χ4v) is 5.32. The number of anilines is 1. The molecule has 0 bridgehead atoms. The van der Waals surface area contributed by atoms with Crippen molar-refractivity contribution in [2.45, 2.75) is 25.7 Å². The van der Waals surface area contributed by atoms with Gasteiger partial charge in [0.25, 0.3) is 10.0 Å². The molecule has 9 heteroatoms. The Balaban J connectivity index is 2.75. The number of hydrogen-bond acceptors (Lipinski definition) is 4. The Morgan fingerprint density at radius 3 is 2.15 bits per heavy atom. The summed E-state index contributed by atoms with van der Waals surface area (Å²) in [5.41, 5.74) is 2.50. The number of carboxylic acid groups (broad SMARTS) is 1. The van der Waals surface area contributed by atoms with Gasteiger partial charge in [-0.15, -0.1) is 0 Å². The third kappa shape index (κ3) is 4.15. The molecule has 0 radical (unpaired) electrons. The molecule has 0 aliphatic rings. The van der Waals surface area contributed by atoms with Crippen molar-refractivity contribution in [3.63, 3.8) is 0 Å². The van der Waals surface area contributed by atoms with Gasteiger partial charge in [0.05, 0.1) is 17.8 Å². The number of aliphatic carboxylic acids is 1. The van der Waals surface area contributed by atoms with Crippen LogP contribution in [0.25, 0.3) is 0 Å². The number of sulfonamides is 1. The van der Waals surface area contributed by atoms with E-state index in [1.807, 2.05) is 6.92 Å². The summed E-state index contributed by atoms with van der Waals surface area (Å²) in [6, 6.07) is 6.19. The van der Waals surface area contributed by atoms with Crippen LogP contribution < -0.4 is 9.04 Å². The van der Waals surface area contributed by atoms with E-state index in [-0.39, 0.29) is 20.7 Å². The zero-order valence-corrected chi connectivity index (χ0v) is 17.5. The van der Waals surface area contributed by atoms with Gasteiger partial charge in [0, 0.05) is 0 Å². The number of rotatable bonds is 6. The Bertz CT molecular complexity index is 982. The van der Waals surface area contributed by atoms with E-state index in [9.17, 15) is 18.3 Å². The molecule has 0 atom stereocenters. The molecule has 0 aliphatic carbocycles. The zero-order valence-electron chi connectivity index (χ0n) is 15.2. The average molecular weight is 432 g/mol. The van der Waals surface area contributed by atoms with Crippen LogP contribution in [-0.4, -0.2) is 33.1 Å². The number of carboxylic acids is 1. The molecule has 0 amide bonds. The highest BCUT2D eigenvalue weighted by molar-refractivity contribution is 7.93. The second-order valence-corrected chi connectivity index (χ2v) is 8.63. The summed E-state index contributed by atoms with van der Waals surface area (Å²) in [7, 11) is -2.93. The monoisotopic (exact) mass is 431 g/mol. The minimum absolute atomic E-state index is 0.0622. The summed E-state index contributed by atoms with van der Waals surface area (Å²) in [5, 5.41) is 9.02. The first-order chi connectivity index (χ1) is 12.5. The molecular weight excluding hydrogens is 413 g/mol. The molecular formula is C18H19Cl2NO5S. The first-order valence-electron chi connectivity index (χ1n) is 7.85. The van der Waals surface area contributed by atoms with Gasteiger partial charge in [0.15, 0.2) is 0 Å². The predicted molar refractivity (Wildman–Crippen MR) is 106 cm³/mol. The van der Waals surface area contributed by atoms with Gasteiger partial charge in [0.2, 0.25) is 0 Å². The van der Waals surface area contributed by atoms with Crippen LogP contribution in [-0.2, 0) is 14.8 Å². The number of ether oxygens (including phenoxy) is 1. The third-order valence-corrected chi connectivity index (χ3v) is 6.73. The molecule has 2 rings (SSSR count). The van der Waals surface area contributed by atoms with E-state index < -0.39 is 22.5 Å². The van der Waals surface area contributed by atoms with Crippen molar-refractivity contribution >= 4 is 44.9 Å². The highest BCUT2D eigenvalue weighted by Crippen LogP contribution is 2.39. The average Bonchev–Trinajstić information content (AvgIpc) is 2.54. The van der Waals surface area contributed by atoms with Crippen molar-refractivity contribution in [3.05, 3.63) is 51.0 Å². The molecule has 0 fully saturated rings. The molecule has 0 spiro atoms. The Hall–Kier alpha value is -1.96. The van der Waals surface area contributed by atoms with E-state index in [0.717, 1.165) is 9.87 Å². The maximum Gasteiger partial charge on any atom is 0.324 e. The highest BCUT2D eigenvalue weighted by Gasteiger charge is 2.32. The van der Waals surface area contributed by atoms with Gasteiger partial charge < -0.3 is 9.84 Å². The molecule has 6 nitrogen and oxygen atoms in total. The van der Waals surface area contributed by atoms with Crippen molar-refractivity contribution in [1.82, 2.24) is 0 Å². The minimum Gasteiger partial charge on any atom is -0.495 e. The van der Waals surface area contributed by atoms with E-state index >= 15 is 0 Å². The van der Waals surface area contributed by atoms with Crippen LogP contribution in [0.1, 0.15) is 16.7 Å². The van der Waals surface area contributed by atoms with Gasteiger partial charge >= 0.3 is 5.97 Å². The number of methoxy groups -OCH3 is 1. The lowest BCUT2D eigenvalue weighted by Gasteiger charge is -2.27. The van der Waals surface area contributed by atoms with Gasteiger partial charge in [-0.3, -0.25) is 9.10 Å². The second kappa shape index (κ2) is 7.96. The maximum absolute atomic E-state index is 13.3. The predicted octanol–water partition coefficient (Wildman–Crippen LogP) is 4.21. The normalized spacial score (nSPS) is 11.3. The number of carbonyl (C=O) groups is 1. The topological polar surface area (TPSA) is 83.9 Å². The smallest absolute Gasteiger partial charge is 0.324 e. The molecule has 2 aromatic rings. The van der Waals surface area contributed by atoms with Crippen LogP contribution in [0.15, 0.2) is 29.2 Å². The molecule has 0 saturated carbocycles. The lowest BCUT2D eigenvalue weighted by atomic mass is 10.1. The Morgan fingerprint density at radius 2 is 1.67 bits per heavy atom. The summed E-state index contributed by atoms with van der Waals surface area (Å²) in [6.07, 6.45) is 0. The van der Waals surface area contributed by atoms with E-state index in [1.165, 1.54) is 19.2 Å². The summed E-state index contributed by atoms with van der Waals surface area (Å²) >= 11 is 12.3. The van der Waals surface area contributed by atoms with Crippen molar-refractivity contribution in [2.75, 3.05) is 18.0 Å². The zero-order chi connectivity index (χ0) is 20.5. The molecule has 1 N–H and O–H groups in total. The van der Waals surface area contributed by atoms with Crippen LogP contribution in [0.2, 0.25) is 10.0 Å². The molecule has 0 aliphatic heterocycles. The minimum atomic E-state index is -4.30. The summed E-state index contributed by atoms with van der Waals surface area (Å²) in [5.74, 6) is -1.08. The van der Waals surface area contributed by atoms with Gasteiger partial charge in [0.1, 0.15) is 22.2 Å². The molecule has 27 heavy (non-hydrogen) atoms. The Kier molecular flexibility index (Phi) is 6.29. The van der Waals surface area contributed by atoms with E-state index in [4.69, 9.17) is 27.9 Å². The van der Waals surface area contributed by atoms with Crippen molar-refractivity contribution in [3.8, 4) is 5.75 Å². The Labute approximate surface area is 168 Å². The van der Waals surface area contributed by atoms with Crippen LogP contribution in [0, 0.1) is 20.8 Å². The number of benzene rings is 2. The van der Waals surface area contributed by atoms with Crippen LogP contribution in [0.5, 0.6) is 5.75 Å². The van der Waals surface area contributed by atoms with Gasteiger partial charge in [-0.1, -0.05) is 40.9 Å². The first kappa shape index (κ1) is 21.3. The number of hydrogen-bond donors (Lipinski definition) is 1. The fourth-order valence-electron chi connectivity index (χ4n) is 2.96. The van der Waals surface area contributed by atoms with Gasteiger partial charge in [-0.2, -0.15) is 0 Å². The number of nitrogens with zero attached hydrogens (tertiary/aromatic N) is 1. The lowest BCUT2D eigenvalue weighted by molar-refractivity contribution is -0.135. The quantitative estimate of drug-likeness (QED) is 0.740. The van der Waals surface area contributed by atoms with Crippen LogP contribution in [0.4, 0.5) is 5.69 Å². The molecule has 0 unspecified atom stereocenters. The van der Waals surface area contributed by atoms with Crippen LogP contribution >= 0.6 is 23.2 Å². The van der Waals surface area contributed by atoms with Crippen molar-refractivity contribution in [1.29, 1.82) is 0 Å².